The van der Waals surface area contributed by atoms with Gasteiger partial charge in [0.2, 0.25) is 0 Å². The van der Waals surface area contributed by atoms with Crippen molar-refractivity contribution >= 4 is 35.9 Å². The highest BCUT2D eigenvalue weighted by Gasteiger charge is 2.15. The Labute approximate surface area is 132 Å². The first-order valence-corrected chi connectivity index (χ1v) is 7.49. The van der Waals surface area contributed by atoms with Crippen LogP contribution in [0, 0.1) is 6.92 Å². The number of fused-ring (bicyclic) bond motifs is 1. The van der Waals surface area contributed by atoms with Gasteiger partial charge in [-0.1, -0.05) is 62.3 Å². The fourth-order valence-corrected chi connectivity index (χ4v) is 3.13. The minimum absolute atomic E-state index is 1.13. The highest BCUT2D eigenvalue weighted by atomic mass is 14.9. The Balaban J connectivity index is 3.32. The molecule has 2 aromatic heterocycles. The van der Waals surface area contributed by atoms with Gasteiger partial charge in [-0.05, 0) is 32.4 Å². The lowest BCUT2D eigenvalue weighted by atomic mass is 10.1. The van der Waals surface area contributed by atoms with E-state index in [0.29, 0.717) is 0 Å². The summed E-state index contributed by atoms with van der Waals surface area (Å²) in [5.41, 5.74) is 4.82. The molecule has 0 amide bonds. The van der Waals surface area contributed by atoms with E-state index in [4.69, 9.17) is 0 Å². The number of hydrogen-bond acceptors (Lipinski definition) is 0. The van der Waals surface area contributed by atoms with E-state index < -0.39 is 0 Å². The molecule has 2 rings (SSSR count). The number of allylic oxidation sites excluding steroid dienone is 3. The summed E-state index contributed by atoms with van der Waals surface area (Å²) in [5, 5.41) is 3.52. The van der Waals surface area contributed by atoms with Crippen LogP contribution in [0.15, 0.2) is 38.0 Å². The number of nitrogens with zero attached hydrogens (tertiary/aromatic N) is 1. The highest BCUT2D eigenvalue weighted by Crippen LogP contribution is 2.22. The van der Waals surface area contributed by atoms with Gasteiger partial charge in [-0.3, -0.25) is 0 Å². The third kappa shape index (κ3) is 2.19. The van der Waals surface area contributed by atoms with Gasteiger partial charge >= 0.3 is 0 Å². The molecule has 0 bridgehead atoms. The zero-order valence-electron chi connectivity index (χ0n) is 13.7. The van der Waals surface area contributed by atoms with Crippen LogP contribution in [0.4, 0.5) is 0 Å². The van der Waals surface area contributed by atoms with Gasteiger partial charge in [-0.25, -0.2) is 0 Å². The predicted molar refractivity (Wildman–Crippen MR) is 101 cm³/mol. The summed E-state index contributed by atoms with van der Waals surface area (Å²) in [6, 6.07) is 0. The minimum atomic E-state index is 1.13. The van der Waals surface area contributed by atoms with Crippen LogP contribution in [0.3, 0.4) is 0 Å². The monoisotopic (exact) mass is 289 g/mol. The fourth-order valence-electron chi connectivity index (χ4n) is 3.13. The minimum Gasteiger partial charge on any atom is -0.309 e. The Morgan fingerprint density at radius 1 is 0.955 bits per heavy atom. The van der Waals surface area contributed by atoms with Gasteiger partial charge in [0.05, 0.1) is 11.2 Å². The van der Waals surface area contributed by atoms with Gasteiger partial charge in [0, 0.05) is 21.3 Å². The van der Waals surface area contributed by atoms with Crippen LogP contribution in [-0.4, -0.2) is 4.40 Å². The normalized spacial score (nSPS) is 14.4. The smallest absolute Gasteiger partial charge is 0.0577 e. The Hall–Kier alpha value is -2.54. The molecular weight excluding hydrogens is 266 g/mol. The van der Waals surface area contributed by atoms with E-state index >= 15 is 0 Å². The third-order valence-electron chi connectivity index (χ3n) is 3.93. The summed E-state index contributed by atoms with van der Waals surface area (Å²) in [4.78, 5) is 0. The van der Waals surface area contributed by atoms with E-state index in [9.17, 15) is 0 Å². The number of aromatic nitrogens is 1. The van der Waals surface area contributed by atoms with Crippen LogP contribution in [-0.2, 0) is 0 Å². The van der Waals surface area contributed by atoms with Crippen molar-refractivity contribution in [3.8, 4) is 0 Å². The first kappa shape index (κ1) is 15.8. The molecule has 0 radical (unpaired) electrons. The van der Waals surface area contributed by atoms with E-state index in [1.165, 1.54) is 27.1 Å². The van der Waals surface area contributed by atoms with Crippen molar-refractivity contribution in [3.63, 3.8) is 0 Å². The lowest BCUT2D eigenvalue weighted by Gasteiger charge is -1.97. The van der Waals surface area contributed by atoms with Gasteiger partial charge in [0.1, 0.15) is 0 Å². The molecule has 1 nitrogen and oxygen atoms in total. The summed E-state index contributed by atoms with van der Waals surface area (Å²) in [5.74, 6) is 0. The van der Waals surface area contributed by atoms with Crippen LogP contribution in [0.5, 0.6) is 0 Å². The molecule has 112 valence electrons. The Bertz CT molecular complexity index is 947. The summed E-state index contributed by atoms with van der Waals surface area (Å²) in [7, 11) is 0. The molecule has 0 aliphatic rings. The second kappa shape index (κ2) is 6.48. The van der Waals surface area contributed by atoms with E-state index in [2.05, 4.69) is 68.4 Å². The Morgan fingerprint density at radius 2 is 1.59 bits per heavy atom. The summed E-state index contributed by atoms with van der Waals surface area (Å²) in [6.07, 6.45) is 16.1. The van der Waals surface area contributed by atoms with Crippen LogP contribution < -0.4 is 15.8 Å². The molecule has 0 aromatic carbocycles. The topological polar surface area (TPSA) is 4.41 Å². The molecule has 2 heterocycles. The second-order valence-electron chi connectivity index (χ2n) is 5.12. The average molecular weight is 289 g/mol. The number of aryl methyl sites for hydroxylation is 1. The van der Waals surface area contributed by atoms with Gasteiger partial charge in [-0.2, -0.15) is 0 Å². The Kier molecular flexibility index (Phi) is 4.67. The van der Waals surface area contributed by atoms with Crippen molar-refractivity contribution in [2.24, 2.45) is 0 Å². The molecule has 0 saturated carbocycles. The molecule has 0 fully saturated rings. The third-order valence-corrected chi connectivity index (χ3v) is 3.93. The maximum Gasteiger partial charge on any atom is 0.0577 e. The molecule has 1 heteroatoms. The zero-order chi connectivity index (χ0) is 16.3. The van der Waals surface area contributed by atoms with Gasteiger partial charge in [0.25, 0.3) is 0 Å². The van der Waals surface area contributed by atoms with Crippen LogP contribution in [0.2, 0.25) is 0 Å². The quantitative estimate of drug-likeness (QED) is 0.813. The van der Waals surface area contributed by atoms with Crippen molar-refractivity contribution in [2.75, 3.05) is 0 Å². The molecule has 2 aromatic rings. The lowest BCUT2D eigenvalue weighted by molar-refractivity contribution is 1.14. The van der Waals surface area contributed by atoms with Crippen LogP contribution >= 0.6 is 0 Å². The summed E-state index contributed by atoms with van der Waals surface area (Å²) >= 11 is 0. The lowest BCUT2D eigenvalue weighted by Crippen LogP contribution is -2.34. The molecule has 0 atom stereocenters. The van der Waals surface area contributed by atoms with Crippen molar-refractivity contribution in [2.45, 2.75) is 20.8 Å². The average Bonchev–Trinajstić information content (AvgIpc) is 2.95. The van der Waals surface area contributed by atoms with Crippen LogP contribution in [0.1, 0.15) is 30.7 Å². The molecule has 0 saturated heterocycles. The molecule has 22 heavy (non-hydrogen) atoms. The second-order valence-corrected chi connectivity index (χ2v) is 5.12. The predicted octanol–water partition coefficient (Wildman–Crippen LogP) is 3.38. The first-order chi connectivity index (χ1) is 10.7. The number of rotatable bonds is 4. The van der Waals surface area contributed by atoms with Crippen molar-refractivity contribution in [1.29, 1.82) is 0 Å². The van der Waals surface area contributed by atoms with Gasteiger partial charge in [0.15, 0.2) is 0 Å². The SMILES string of the molecule is C=CC=c1c(=CC)n2c(C=C)c(/C=C\C)c(C)c2/c1=C\C=C. The van der Waals surface area contributed by atoms with Crippen molar-refractivity contribution in [3.05, 3.63) is 70.6 Å². The van der Waals surface area contributed by atoms with E-state index in [1.807, 2.05) is 25.2 Å². The van der Waals surface area contributed by atoms with Gasteiger partial charge in [-0.15, -0.1) is 0 Å². The molecule has 0 aliphatic carbocycles. The summed E-state index contributed by atoms with van der Waals surface area (Å²) in [6.45, 7) is 18.0. The van der Waals surface area contributed by atoms with Crippen molar-refractivity contribution < 1.29 is 0 Å². The van der Waals surface area contributed by atoms with Crippen LogP contribution in [0.25, 0.3) is 35.9 Å². The fraction of sp³-hybridized carbons (Fsp3) is 0.143. The van der Waals surface area contributed by atoms with Crippen molar-refractivity contribution in [1.82, 2.24) is 4.40 Å². The number of hydrogen-bond donors (Lipinski definition) is 0. The highest BCUT2D eigenvalue weighted by molar-refractivity contribution is 5.78. The van der Waals surface area contributed by atoms with E-state index in [0.717, 1.165) is 11.0 Å². The van der Waals surface area contributed by atoms with Gasteiger partial charge < -0.3 is 4.40 Å². The maximum absolute atomic E-state index is 4.01. The standard InChI is InChI=1S/C21H23N/c1-7-12-16-15(6)21-18(14-9-3)17(13-8-2)20(11-5)22(21)19(16)10-4/h7-14H,2-4H2,1,5-6H3/b12-7-,17-13?,18-14-,20-11?. The molecular formula is C21H23N. The molecule has 0 aliphatic heterocycles. The van der Waals surface area contributed by atoms with E-state index in [-0.39, 0.29) is 0 Å². The zero-order valence-corrected chi connectivity index (χ0v) is 13.7. The first-order valence-electron chi connectivity index (χ1n) is 7.49. The maximum atomic E-state index is 4.01. The molecule has 0 unspecified atom stereocenters. The Morgan fingerprint density at radius 3 is 2.09 bits per heavy atom. The molecule has 0 spiro atoms. The largest absolute Gasteiger partial charge is 0.309 e. The molecule has 0 N–H and O–H groups in total. The summed E-state index contributed by atoms with van der Waals surface area (Å²) < 4.78 is 2.28. The van der Waals surface area contributed by atoms with E-state index in [1.54, 1.807) is 0 Å².